The van der Waals surface area contributed by atoms with Crippen molar-refractivity contribution in [2.75, 3.05) is 44.7 Å². The lowest BCUT2D eigenvalue weighted by Gasteiger charge is -2.32. The monoisotopic (exact) mass is 299 g/mol. The van der Waals surface area contributed by atoms with Crippen molar-refractivity contribution in [3.05, 3.63) is 29.3 Å². The van der Waals surface area contributed by atoms with Crippen molar-refractivity contribution >= 4 is 5.69 Å². The van der Waals surface area contributed by atoms with Crippen LogP contribution >= 0.6 is 0 Å². The Labute approximate surface area is 122 Å². The van der Waals surface area contributed by atoms with Crippen LogP contribution in [0.4, 0.5) is 18.9 Å². The Morgan fingerprint density at radius 2 is 1.95 bits per heavy atom. The van der Waals surface area contributed by atoms with Crippen molar-refractivity contribution in [1.82, 2.24) is 10.2 Å². The normalized spacial score (nSPS) is 23.4. The van der Waals surface area contributed by atoms with Gasteiger partial charge in [0.05, 0.1) is 5.56 Å². The number of hydrogen-bond acceptors (Lipinski definition) is 3. The van der Waals surface area contributed by atoms with E-state index in [1.54, 1.807) is 6.07 Å². The van der Waals surface area contributed by atoms with Gasteiger partial charge in [0.1, 0.15) is 0 Å². The second-order valence-corrected chi connectivity index (χ2v) is 5.86. The average Bonchev–Trinajstić information content (AvgIpc) is 2.75. The molecule has 1 unspecified atom stereocenters. The Morgan fingerprint density at radius 1 is 1.24 bits per heavy atom. The zero-order valence-corrected chi connectivity index (χ0v) is 12.1. The maximum Gasteiger partial charge on any atom is 0.416 e. The van der Waals surface area contributed by atoms with Crippen LogP contribution in [-0.4, -0.2) is 50.7 Å². The van der Waals surface area contributed by atoms with Crippen molar-refractivity contribution in [3.63, 3.8) is 0 Å². The summed E-state index contributed by atoms with van der Waals surface area (Å²) in [7, 11) is 1.90. The fraction of sp³-hybridized carbons (Fsp3) is 0.600. The molecule has 0 saturated carbocycles. The maximum absolute atomic E-state index is 12.8. The number of nitrogens with one attached hydrogen (secondary N) is 1. The van der Waals surface area contributed by atoms with Gasteiger partial charge in [0.25, 0.3) is 0 Å². The van der Waals surface area contributed by atoms with Gasteiger partial charge in [-0.05, 0) is 24.1 Å². The van der Waals surface area contributed by atoms with Gasteiger partial charge in [-0.3, -0.25) is 4.90 Å². The van der Waals surface area contributed by atoms with E-state index in [0.29, 0.717) is 0 Å². The SMILES string of the molecule is CN1c2cc(C(F)(F)F)ccc2CC1CN1CCNCC1. The van der Waals surface area contributed by atoms with Crippen LogP contribution in [0, 0.1) is 0 Å². The van der Waals surface area contributed by atoms with Crippen LogP contribution in [0.5, 0.6) is 0 Å². The molecule has 3 rings (SSSR count). The van der Waals surface area contributed by atoms with Crippen LogP contribution in [-0.2, 0) is 12.6 Å². The van der Waals surface area contributed by atoms with E-state index in [4.69, 9.17) is 0 Å². The summed E-state index contributed by atoms with van der Waals surface area (Å²) in [6.45, 7) is 4.90. The summed E-state index contributed by atoms with van der Waals surface area (Å²) in [5.74, 6) is 0. The number of hydrogen-bond donors (Lipinski definition) is 1. The van der Waals surface area contributed by atoms with Crippen LogP contribution < -0.4 is 10.2 Å². The van der Waals surface area contributed by atoms with Crippen LogP contribution in [0.25, 0.3) is 0 Å². The van der Waals surface area contributed by atoms with E-state index in [2.05, 4.69) is 10.2 Å². The molecule has 2 heterocycles. The summed E-state index contributed by atoms with van der Waals surface area (Å²) in [6, 6.07) is 4.38. The molecule has 0 amide bonds. The summed E-state index contributed by atoms with van der Waals surface area (Å²) in [6.07, 6.45) is -3.44. The van der Waals surface area contributed by atoms with Crippen molar-refractivity contribution in [2.45, 2.75) is 18.6 Å². The highest BCUT2D eigenvalue weighted by atomic mass is 19.4. The first-order valence-corrected chi connectivity index (χ1v) is 7.31. The first-order chi connectivity index (χ1) is 9.95. The molecule has 0 spiro atoms. The van der Waals surface area contributed by atoms with E-state index in [1.807, 2.05) is 11.9 Å². The standard InChI is InChI=1S/C15H20F3N3/c1-20-13(10-21-6-4-19-5-7-21)8-11-2-3-12(9-14(11)20)15(16,17)18/h2-3,9,13,19H,4-8,10H2,1H3. The second kappa shape index (κ2) is 5.50. The predicted octanol–water partition coefficient (Wildman–Crippen LogP) is 1.97. The van der Waals surface area contributed by atoms with E-state index in [0.717, 1.165) is 50.4 Å². The minimum absolute atomic E-state index is 0.265. The molecule has 1 saturated heterocycles. The third-order valence-corrected chi connectivity index (χ3v) is 4.47. The van der Waals surface area contributed by atoms with Crippen LogP contribution in [0.3, 0.4) is 0 Å². The lowest BCUT2D eigenvalue weighted by atomic mass is 10.1. The maximum atomic E-state index is 12.8. The quantitative estimate of drug-likeness (QED) is 0.901. The molecule has 1 fully saturated rings. The molecule has 1 N–H and O–H groups in total. The Hall–Kier alpha value is -1.27. The summed E-state index contributed by atoms with van der Waals surface area (Å²) >= 11 is 0. The molecule has 1 aromatic carbocycles. The van der Waals surface area contributed by atoms with Crippen LogP contribution in [0.1, 0.15) is 11.1 Å². The Morgan fingerprint density at radius 3 is 2.62 bits per heavy atom. The molecule has 0 aromatic heterocycles. The molecule has 0 radical (unpaired) electrons. The number of likely N-dealkylation sites (N-methyl/N-ethyl adjacent to an activating group) is 1. The highest BCUT2D eigenvalue weighted by Gasteiger charge is 2.34. The minimum Gasteiger partial charge on any atom is -0.370 e. The third-order valence-electron chi connectivity index (χ3n) is 4.47. The predicted molar refractivity (Wildman–Crippen MR) is 76.6 cm³/mol. The number of benzene rings is 1. The van der Waals surface area contributed by atoms with Gasteiger partial charge >= 0.3 is 6.18 Å². The van der Waals surface area contributed by atoms with Crippen molar-refractivity contribution in [2.24, 2.45) is 0 Å². The first-order valence-electron chi connectivity index (χ1n) is 7.31. The molecule has 6 heteroatoms. The number of fused-ring (bicyclic) bond motifs is 1. The number of rotatable bonds is 2. The van der Waals surface area contributed by atoms with Gasteiger partial charge in [0.15, 0.2) is 0 Å². The van der Waals surface area contributed by atoms with E-state index < -0.39 is 11.7 Å². The lowest BCUT2D eigenvalue weighted by Crippen LogP contribution is -2.48. The topological polar surface area (TPSA) is 18.5 Å². The van der Waals surface area contributed by atoms with Gasteiger partial charge in [0, 0.05) is 51.5 Å². The summed E-state index contributed by atoms with van der Waals surface area (Å²) < 4.78 is 38.5. The molecular weight excluding hydrogens is 279 g/mol. The Kier molecular flexibility index (Phi) is 3.84. The lowest BCUT2D eigenvalue weighted by molar-refractivity contribution is -0.137. The van der Waals surface area contributed by atoms with Gasteiger partial charge < -0.3 is 10.2 Å². The minimum atomic E-state index is -4.27. The van der Waals surface area contributed by atoms with E-state index in [1.165, 1.54) is 12.1 Å². The molecule has 2 aliphatic heterocycles. The fourth-order valence-electron chi connectivity index (χ4n) is 3.21. The molecule has 1 aromatic rings. The first kappa shape index (κ1) is 14.7. The summed E-state index contributed by atoms with van der Waals surface area (Å²) in [5.41, 5.74) is 1.19. The number of anilines is 1. The van der Waals surface area contributed by atoms with Gasteiger partial charge in [-0.15, -0.1) is 0 Å². The molecular formula is C15H20F3N3. The molecule has 0 aliphatic carbocycles. The van der Waals surface area contributed by atoms with Gasteiger partial charge in [-0.25, -0.2) is 0 Å². The molecule has 116 valence electrons. The van der Waals surface area contributed by atoms with Gasteiger partial charge in [-0.1, -0.05) is 6.07 Å². The highest BCUT2D eigenvalue weighted by Crippen LogP contribution is 2.37. The highest BCUT2D eigenvalue weighted by molar-refractivity contribution is 5.60. The molecule has 2 aliphatic rings. The number of nitrogens with zero attached hydrogens (tertiary/aromatic N) is 2. The van der Waals surface area contributed by atoms with Gasteiger partial charge in [-0.2, -0.15) is 13.2 Å². The number of alkyl halides is 3. The van der Waals surface area contributed by atoms with Gasteiger partial charge in [0.2, 0.25) is 0 Å². The third kappa shape index (κ3) is 3.01. The van der Waals surface area contributed by atoms with Crippen LogP contribution in [0.15, 0.2) is 18.2 Å². The van der Waals surface area contributed by atoms with Crippen molar-refractivity contribution in [3.8, 4) is 0 Å². The van der Waals surface area contributed by atoms with E-state index >= 15 is 0 Å². The molecule has 1 atom stereocenters. The van der Waals surface area contributed by atoms with E-state index in [9.17, 15) is 13.2 Å². The molecule has 0 bridgehead atoms. The smallest absolute Gasteiger partial charge is 0.370 e. The zero-order valence-electron chi connectivity index (χ0n) is 12.1. The number of halogens is 3. The zero-order chi connectivity index (χ0) is 15.0. The average molecular weight is 299 g/mol. The summed E-state index contributed by atoms with van der Waals surface area (Å²) in [4.78, 5) is 4.39. The molecule has 21 heavy (non-hydrogen) atoms. The largest absolute Gasteiger partial charge is 0.416 e. The van der Waals surface area contributed by atoms with E-state index in [-0.39, 0.29) is 6.04 Å². The number of piperazine rings is 1. The van der Waals surface area contributed by atoms with Crippen LogP contribution in [0.2, 0.25) is 0 Å². The summed E-state index contributed by atoms with van der Waals surface area (Å²) in [5, 5.41) is 3.31. The Bertz CT molecular complexity index is 509. The van der Waals surface area contributed by atoms with Crippen molar-refractivity contribution < 1.29 is 13.2 Å². The fourth-order valence-corrected chi connectivity index (χ4v) is 3.21. The Balaban J connectivity index is 1.74. The van der Waals surface area contributed by atoms with Crippen molar-refractivity contribution in [1.29, 1.82) is 0 Å². The second-order valence-electron chi connectivity index (χ2n) is 5.86. The molecule has 3 nitrogen and oxygen atoms in total.